The minimum Gasteiger partial charge on any atom is -0.441 e. The normalized spacial score (nSPS) is 11.7. The van der Waals surface area contributed by atoms with Gasteiger partial charge in [0.1, 0.15) is 23.3 Å². The highest BCUT2D eigenvalue weighted by atomic mass is 35.5. The summed E-state index contributed by atoms with van der Waals surface area (Å²) in [6.45, 7) is 5.32. The van der Waals surface area contributed by atoms with Gasteiger partial charge in [0.25, 0.3) is 0 Å². The van der Waals surface area contributed by atoms with Gasteiger partial charge in [0.05, 0.1) is 0 Å². The Morgan fingerprint density at radius 3 is 2.53 bits per heavy atom. The number of carbonyl (C=O) groups excluding carboxylic acids is 2. The van der Waals surface area contributed by atoms with Crippen LogP contribution in [0.15, 0.2) is 53.1 Å². The first-order valence-corrected chi connectivity index (χ1v) is 10.1. The van der Waals surface area contributed by atoms with E-state index in [2.05, 4.69) is 10.5 Å². The van der Waals surface area contributed by atoms with Crippen molar-refractivity contribution in [1.29, 1.82) is 0 Å². The summed E-state index contributed by atoms with van der Waals surface area (Å²) in [5, 5.41) is 7.21. The molecule has 7 heteroatoms. The van der Waals surface area contributed by atoms with Crippen molar-refractivity contribution in [3.8, 4) is 11.3 Å². The molecule has 0 aliphatic carbocycles. The average molecular weight is 427 g/mol. The van der Waals surface area contributed by atoms with Gasteiger partial charge >= 0.3 is 6.09 Å². The van der Waals surface area contributed by atoms with E-state index in [0.29, 0.717) is 40.6 Å². The SMILES string of the molecule is CCC(=O)Cc1ccc(-c2onc(C)c2NC(=O)OC(C)c2ccccc2Cl)cc1. The molecule has 156 valence electrons. The van der Waals surface area contributed by atoms with Crippen molar-refractivity contribution in [3.05, 3.63) is 70.4 Å². The number of carbonyl (C=O) groups is 2. The molecule has 0 saturated heterocycles. The van der Waals surface area contributed by atoms with Crippen LogP contribution in [0.3, 0.4) is 0 Å². The number of ether oxygens (including phenoxy) is 1. The Bertz CT molecular complexity index is 1040. The monoisotopic (exact) mass is 426 g/mol. The molecule has 1 unspecified atom stereocenters. The van der Waals surface area contributed by atoms with Crippen LogP contribution in [-0.2, 0) is 16.0 Å². The number of halogens is 1. The number of anilines is 1. The fourth-order valence-corrected chi connectivity index (χ4v) is 3.29. The van der Waals surface area contributed by atoms with E-state index in [1.807, 2.05) is 43.3 Å². The van der Waals surface area contributed by atoms with Crippen LogP contribution in [0.1, 0.15) is 43.2 Å². The number of ketones is 1. The number of aryl methyl sites for hydroxylation is 1. The number of nitrogens with zero attached hydrogens (tertiary/aromatic N) is 1. The second-order valence-electron chi connectivity index (χ2n) is 6.93. The van der Waals surface area contributed by atoms with Crippen LogP contribution in [0.4, 0.5) is 10.5 Å². The smallest absolute Gasteiger partial charge is 0.412 e. The van der Waals surface area contributed by atoms with E-state index in [1.54, 1.807) is 26.0 Å². The van der Waals surface area contributed by atoms with Crippen LogP contribution in [0.25, 0.3) is 11.3 Å². The molecule has 0 aliphatic rings. The topological polar surface area (TPSA) is 81.4 Å². The fourth-order valence-electron chi connectivity index (χ4n) is 3.00. The second kappa shape index (κ2) is 9.59. The van der Waals surface area contributed by atoms with Gasteiger partial charge in [0.2, 0.25) is 0 Å². The van der Waals surface area contributed by atoms with Gasteiger partial charge in [-0.05, 0) is 25.5 Å². The summed E-state index contributed by atoms with van der Waals surface area (Å²) in [6, 6.07) is 14.6. The minimum atomic E-state index is -0.639. The molecule has 3 aromatic rings. The molecule has 1 amide bonds. The Hall–Kier alpha value is -3.12. The number of Topliss-reactive ketones (excluding diaryl/α,β-unsaturated/α-hetero) is 1. The Morgan fingerprint density at radius 2 is 1.87 bits per heavy atom. The van der Waals surface area contributed by atoms with Gasteiger partial charge in [-0.15, -0.1) is 0 Å². The molecule has 2 aromatic carbocycles. The van der Waals surface area contributed by atoms with Crippen molar-refractivity contribution in [3.63, 3.8) is 0 Å². The van der Waals surface area contributed by atoms with Crippen LogP contribution in [0.2, 0.25) is 5.02 Å². The van der Waals surface area contributed by atoms with E-state index in [1.165, 1.54) is 0 Å². The number of aromatic nitrogens is 1. The second-order valence-corrected chi connectivity index (χ2v) is 7.34. The summed E-state index contributed by atoms with van der Waals surface area (Å²) in [5.41, 5.74) is 3.33. The Balaban J connectivity index is 1.73. The summed E-state index contributed by atoms with van der Waals surface area (Å²) in [4.78, 5) is 24.1. The molecule has 1 heterocycles. The maximum absolute atomic E-state index is 12.5. The number of nitrogens with one attached hydrogen (secondary N) is 1. The van der Waals surface area contributed by atoms with Crippen molar-refractivity contribution >= 4 is 29.2 Å². The van der Waals surface area contributed by atoms with Crippen molar-refractivity contribution in [2.45, 2.75) is 39.7 Å². The molecule has 6 nitrogen and oxygen atoms in total. The average Bonchev–Trinajstić information content (AvgIpc) is 3.08. The Labute approximate surface area is 180 Å². The maximum Gasteiger partial charge on any atom is 0.412 e. The lowest BCUT2D eigenvalue weighted by molar-refractivity contribution is -0.118. The van der Waals surface area contributed by atoms with Crippen molar-refractivity contribution in [2.24, 2.45) is 0 Å². The molecule has 1 N–H and O–H groups in total. The van der Waals surface area contributed by atoms with Crippen molar-refractivity contribution < 1.29 is 18.8 Å². The van der Waals surface area contributed by atoms with Gasteiger partial charge in [-0.1, -0.05) is 66.1 Å². The standard InChI is InChI=1S/C23H23ClN2O4/c1-4-18(27)13-16-9-11-17(12-10-16)22-21(14(2)26-30-22)25-23(28)29-15(3)19-7-5-6-8-20(19)24/h5-12,15H,4,13H2,1-3H3,(H,25,28). The van der Waals surface area contributed by atoms with Gasteiger partial charge in [-0.3, -0.25) is 10.1 Å². The number of amides is 1. The largest absolute Gasteiger partial charge is 0.441 e. The molecule has 1 aromatic heterocycles. The van der Waals surface area contributed by atoms with E-state index < -0.39 is 12.2 Å². The highest BCUT2D eigenvalue weighted by Gasteiger charge is 2.20. The molecular weight excluding hydrogens is 404 g/mol. The molecule has 0 saturated carbocycles. The van der Waals surface area contributed by atoms with E-state index in [4.69, 9.17) is 20.9 Å². The predicted molar refractivity (Wildman–Crippen MR) is 116 cm³/mol. The molecule has 3 rings (SSSR count). The van der Waals surface area contributed by atoms with Crippen LogP contribution < -0.4 is 5.32 Å². The third kappa shape index (κ3) is 5.07. The molecule has 0 fully saturated rings. The number of rotatable bonds is 7. The Kier molecular flexibility index (Phi) is 6.90. The van der Waals surface area contributed by atoms with Gasteiger partial charge in [-0.2, -0.15) is 0 Å². The third-order valence-electron chi connectivity index (χ3n) is 4.73. The summed E-state index contributed by atoms with van der Waals surface area (Å²) >= 11 is 6.17. The zero-order valence-electron chi connectivity index (χ0n) is 17.1. The first-order chi connectivity index (χ1) is 14.4. The van der Waals surface area contributed by atoms with Gasteiger partial charge in [-0.25, -0.2) is 4.79 Å². The molecule has 0 bridgehead atoms. The predicted octanol–water partition coefficient (Wildman–Crippen LogP) is 6.13. The molecule has 1 atom stereocenters. The van der Waals surface area contributed by atoms with E-state index in [-0.39, 0.29) is 5.78 Å². The van der Waals surface area contributed by atoms with Crippen LogP contribution in [0, 0.1) is 6.92 Å². The van der Waals surface area contributed by atoms with Crippen LogP contribution in [-0.4, -0.2) is 17.0 Å². The van der Waals surface area contributed by atoms with Gasteiger partial charge in [0.15, 0.2) is 5.76 Å². The maximum atomic E-state index is 12.5. The van der Waals surface area contributed by atoms with E-state index in [0.717, 1.165) is 11.1 Å². The summed E-state index contributed by atoms with van der Waals surface area (Å²) in [6.07, 6.45) is -0.270. The van der Waals surface area contributed by atoms with Crippen molar-refractivity contribution in [1.82, 2.24) is 5.16 Å². The zero-order chi connectivity index (χ0) is 21.7. The summed E-state index contributed by atoms with van der Waals surface area (Å²) in [7, 11) is 0. The fraction of sp³-hybridized carbons (Fsp3) is 0.261. The lowest BCUT2D eigenvalue weighted by Crippen LogP contribution is -2.17. The molecule has 0 spiro atoms. The Morgan fingerprint density at radius 1 is 1.17 bits per heavy atom. The molecular formula is C23H23ClN2O4. The van der Waals surface area contributed by atoms with Gasteiger partial charge < -0.3 is 9.26 Å². The van der Waals surface area contributed by atoms with Gasteiger partial charge in [0, 0.05) is 29.0 Å². The highest BCUT2D eigenvalue weighted by Crippen LogP contribution is 2.32. The number of benzene rings is 2. The quantitative estimate of drug-likeness (QED) is 0.491. The van der Waals surface area contributed by atoms with E-state index >= 15 is 0 Å². The highest BCUT2D eigenvalue weighted by molar-refractivity contribution is 6.31. The lowest BCUT2D eigenvalue weighted by Gasteiger charge is -2.15. The number of hydrogen-bond donors (Lipinski definition) is 1. The zero-order valence-corrected chi connectivity index (χ0v) is 17.8. The van der Waals surface area contributed by atoms with Crippen molar-refractivity contribution in [2.75, 3.05) is 5.32 Å². The first kappa shape index (κ1) is 21.6. The van der Waals surface area contributed by atoms with Crippen LogP contribution in [0.5, 0.6) is 0 Å². The van der Waals surface area contributed by atoms with E-state index in [9.17, 15) is 9.59 Å². The summed E-state index contributed by atoms with van der Waals surface area (Å²) in [5.74, 6) is 0.596. The summed E-state index contributed by atoms with van der Waals surface area (Å²) < 4.78 is 10.9. The lowest BCUT2D eigenvalue weighted by atomic mass is 10.0. The third-order valence-corrected chi connectivity index (χ3v) is 5.07. The molecule has 0 aliphatic heterocycles. The number of hydrogen-bond acceptors (Lipinski definition) is 5. The molecule has 0 radical (unpaired) electrons. The van der Waals surface area contributed by atoms with Crippen LogP contribution >= 0.6 is 11.6 Å². The molecule has 30 heavy (non-hydrogen) atoms. The minimum absolute atomic E-state index is 0.177. The first-order valence-electron chi connectivity index (χ1n) is 9.68.